The number of carbonyl (C=O) groups is 1. The third kappa shape index (κ3) is 4.69. The summed E-state index contributed by atoms with van der Waals surface area (Å²) < 4.78 is 16.7. The van der Waals surface area contributed by atoms with Gasteiger partial charge in [0.2, 0.25) is 0 Å². The number of furan rings is 1. The van der Waals surface area contributed by atoms with Gasteiger partial charge in [0, 0.05) is 0 Å². The molecular formula is C29H30N2O4. The Hall–Kier alpha value is -3.93. The molecule has 1 aliphatic heterocycles. The van der Waals surface area contributed by atoms with Crippen molar-refractivity contribution in [1.82, 2.24) is 10.4 Å². The van der Waals surface area contributed by atoms with Gasteiger partial charge in [0.1, 0.15) is 17.5 Å². The predicted molar refractivity (Wildman–Crippen MR) is 135 cm³/mol. The summed E-state index contributed by atoms with van der Waals surface area (Å²) in [6.45, 7) is 5.21. The van der Waals surface area contributed by atoms with E-state index >= 15 is 0 Å². The summed E-state index contributed by atoms with van der Waals surface area (Å²) in [6.07, 6.45) is 6.62. The number of benzene rings is 2. The predicted octanol–water partition coefficient (Wildman–Crippen LogP) is 6.30. The van der Waals surface area contributed by atoms with Crippen molar-refractivity contribution < 1.29 is 18.7 Å². The molecule has 1 aromatic heterocycles. The molecule has 6 heteroatoms. The molecule has 2 heterocycles. The smallest absolute Gasteiger partial charge is 0.308 e. The maximum Gasteiger partial charge on any atom is 0.308 e. The van der Waals surface area contributed by atoms with Crippen molar-refractivity contribution in [2.45, 2.75) is 39.2 Å². The summed E-state index contributed by atoms with van der Waals surface area (Å²) in [7, 11) is 0. The molecule has 0 spiro atoms. The standard InChI is InChI=1S/C29H30N2O4/c1-3-33-23-14-10-20(11-15-23)19-22-7-5-8-25-27(22)30-31(29(32)26-9-6-18-35-26)28(25)21-12-16-24(17-13-21)34-4-2/h6,9-19,28,30H,3-5,7-8H2,1-2H3/b22-19+/t28-/m1/s1. The van der Waals surface area contributed by atoms with Crippen molar-refractivity contribution in [3.05, 3.63) is 101 Å². The summed E-state index contributed by atoms with van der Waals surface area (Å²) in [6, 6.07) is 19.3. The van der Waals surface area contributed by atoms with Crippen LogP contribution in [0.2, 0.25) is 0 Å². The van der Waals surface area contributed by atoms with Gasteiger partial charge in [-0.2, -0.15) is 0 Å². The van der Waals surface area contributed by atoms with E-state index in [1.54, 1.807) is 17.1 Å². The summed E-state index contributed by atoms with van der Waals surface area (Å²) in [4.78, 5) is 13.5. The molecule has 0 saturated heterocycles. The molecular weight excluding hydrogens is 440 g/mol. The first-order valence-corrected chi connectivity index (χ1v) is 12.2. The number of amides is 1. The monoisotopic (exact) mass is 470 g/mol. The van der Waals surface area contributed by atoms with E-state index in [4.69, 9.17) is 13.9 Å². The number of ether oxygens (including phenoxy) is 2. The molecule has 0 unspecified atom stereocenters. The molecule has 3 aromatic rings. The Morgan fingerprint density at radius 2 is 1.69 bits per heavy atom. The first-order chi connectivity index (χ1) is 17.2. The van der Waals surface area contributed by atoms with Gasteiger partial charge in [0.05, 0.1) is 25.2 Å². The van der Waals surface area contributed by atoms with Crippen molar-refractivity contribution in [3.63, 3.8) is 0 Å². The van der Waals surface area contributed by atoms with Crippen molar-refractivity contribution in [2.75, 3.05) is 13.2 Å². The third-order valence-electron chi connectivity index (χ3n) is 6.34. The Morgan fingerprint density at radius 1 is 1.00 bits per heavy atom. The van der Waals surface area contributed by atoms with Gasteiger partial charge in [0.15, 0.2) is 5.76 Å². The van der Waals surface area contributed by atoms with Gasteiger partial charge in [-0.25, -0.2) is 5.01 Å². The molecule has 2 aliphatic rings. The molecule has 5 rings (SSSR count). The molecule has 0 bridgehead atoms. The van der Waals surface area contributed by atoms with Crippen LogP contribution < -0.4 is 14.9 Å². The highest BCUT2D eigenvalue weighted by Crippen LogP contribution is 2.44. The van der Waals surface area contributed by atoms with Crippen LogP contribution in [-0.4, -0.2) is 24.1 Å². The largest absolute Gasteiger partial charge is 0.494 e. The number of hydrogen-bond donors (Lipinski definition) is 1. The molecule has 1 N–H and O–H groups in total. The van der Waals surface area contributed by atoms with Crippen LogP contribution in [0.1, 0.15) is 60.8 Å². The lowest BCUT2D eigenvalue weighted by Crippen LogP contribution is -2.40. The van der Waals surface area contributed by atoms with Gasteiger partial charge in [-0.15, -0.1) is 0 Å². The Balaban J connectivity index is 1.51. The highest BCUT2D eigenvalue weighted by atomic mass is 16.5. The fourth-order valence-corrected chi connectivity index (χ4v) is 4.81. The molecule has 1 amide bonds. The molecule has 0 radical (unpaired) electrons. The van der Waals surface area contributed by atoms with Crippen LogP contribution >= 0.6 is 0 Å². The van der Waals surface area contributed by atoms with Crippen LogP contribution in [0.15, 0.2) is 88.2 Å². The number of nitrogens with one attached hydrogen (secondary N) is 1. The van der Waals surface area contributed by atoms with Crippen molar-refractivity contribution >= 4 is 12.0 Å². The van der Waals surface area contributed by atoms with Gasteiger partial charge in [-0.05, 0) is 97.9 Å². The lowest BCUT2D eigenvalue weighted by Gasteiger charge is -2.26. The number of hydrogen-bond acceptors (Lipinski definition) is 5. The second-order valence-corrected chi connectivity index (χ2v) is 8.59. The molecule has 2 aromatic carbocycles. The van der Waals surface area contributed by atoms with Gasteiger partial charge in [-0.3, -0.25) is 10.2 Å². The zero-order valence-corrected chi connectivity index (χ0v) is 20.1. The molecule has 1 aliphatic carbocycles. The molecule has 180 valence electrons. The lowest BCUT2D eigenvalue weighted by molar-refractivity contribution is 0.0623. The Bertz CT molecular complexity index is 1220. The summed E-state index contributed by atoms with van der Waals surface area (Å²) >= 11 is 0. The minimum absolute atomic E-state index is 0.191. The first-order valence-electron chi connectivity index (χ1n) is 12.2. The van der Waals surface area contributed by atoms with E-state index < -0.39 is 0 Å². The van der Waals surface area contributed by atoms with Crippen LogP contribution in [-0.2, 0) is 0 Å². The number of hydrazine groups is 1. The van der Waals surface area contributed by atoms with Gasteiger partial charge >= 0.3 is 5.91 Å². The lowest BCUT2D eigenvalue weighted by atomic mass is 9.86. The fourth-order valence-electron chi connectivity index (χ4n) is 4.81. The van der Waals surface area contributed by atoms with Crippen LogP contribution in [0.25, 0.3) is 6.08 Å². The molecule has 35 heavy (non-hydrogen) atoms. The average Bonchev–Trinajstić information content (AvgIpc) is 3.55. The summed E-state index contributed by atoms with van der Waals surface area (Å²) in [5.41, 5.74) is 9.04. The highest BCUT2D eigenvalue weighted by Gasteiger charge is 2.40. The normalized spacial score (nSPS) is 18.4. The first kappa shape index (κ1) is 22.8. The fraction of sp³-hybridized carbons (Fsp3) is 0.276. The maximum atomic E-state index is 13.5. The van der Waals surface area contributed by atoms with Crippen LogP contribution in [0.5, 0.6) is 11.5 Å². The van der Waals surface area contributed by atoms with E-state index in [2.05, 4.69) is 23.6 Å². The number of nitrogens with zero attached hydrogens (tertiary/aromatic N) is 1. The quantitative estimate of drug-likeness (QED) is 0.439. The Kier molecular flexibility index (Phi) is 6.62. The molecule has 0 saturated carbocycles. The van der Waals surface area contributed by atoms with Gasteiger partial charge in [0.25, 0.3) is 0 Å². The van der Waals surface area contributed by atoms with Gasteiger partial charge < -0.3 is 13.9 Å². The average molecular weight is 471 g/mol. The summed E-state index contributed by atoms with van der Waals surface area (Å²) in [5.74, 6) is 1.80. The second-order valence-electron chi connectivity index (χ2n) is 8.59. The van der Waals surface area contributed by atoms with Crippen LogP contribution in [0.4, 0.5) is 0 Å². The zero-order valence-electron chi connectivity index (χ0n) is 20.1. The molecule has 1 atom stereocenters. The van der Waals surface area contributed by atoms with Crippen molar-refractivity contribution in [1.29, 1.82) is 0 Å². The second kappa shape index (κ2) is 10.1. The Labute approximate surface area is 205 Å². The highest BCUT2D eigenvalue weighted by molar-refractivity contribution is 5.92. The van der Waals surface area contributed by atoms with E-state index in [0.717, 1.165) is 47.6 Å². The topological polar surface area (TPSA) is 63.9 Å². The van der Waals surface area contributed by atoms with E-state index in [9.17, 15) is 4.79 Å². The third-order valence-corrected chi connectivity index (χ3v) is 6.34. The van der Waals surface area contributed by atoms with Crippen molar-refractivity contribution in [2.24, 2.45) is 0 Å². The molecule has 0 fully saturated rings. The van der Waals surface area contributed by atoms with E-state index in [1.807, 2.05) is 50.2 Å². The van der Waals surface area contributed by atoms with E-state index in [-0.39, 0.29) is 11.9 Å². The van der Waals surface area contributed by atoms with Crippen LogP contribution in [0, 0.1) is 0 Å². The maximum absolute atomic E-state index is 13.5. The number of rotatable bonds is 7. The van der Waals surface area contributed by atoms with E-state index in [1.165, 1.54) is 17.4 Å². The van der Waals surface area contributed by atoms with Crippen molar-refractivity contribution in [3.8, 4) is 11.5 Å². The zero-order chi connectivity index (χ0) is 24.2. The van der Waals surface area contributed by atoms with Gasteiger partial charge in [-0.1, -0.05) is 24.3 Å². The van der Waals surface area contributed by atoms with Crippen LogP contribution in [0.3, 0.4) is 0 Å². The Morgan fingerprint density at radius 3 is 2.31 bits per heavy atom. The SMILES string of the molecule is CCOc1ccc(/C=C2\CCCC3=C2NN(C(=O)c2ccco2)[C@@H]3c2ccc(OCC)cc2)cc1. The van der Waals surface area contributed by atoms with E-state index in [0.29, 0.717) is 19.0 Å². The summed E-state index contributed by atoms with van der Waals surface area (Å²) in [5, 5.41) is 1.70. The number of carbonyl (C=O) groups excluding carboxylic acids is 1. The minimum atomic E-state index is -0.220. The molecule has 6 nitrogen and oxygen atoms in total. The minimum Gasteiger partial charge on any atom is -0.494 e. The number of allylic oxidation sites excluding steroid dienone is 1.